The molecule has 1 N–H and O–H groups in total. The molecule has 18 heavy (non-hydrogen) atoms. The highest BCUT2D eigenvalue weighted by Gasteiger charge is 2.55. The minimum absolute atomic E-state index is 0.0639. The van der Waals surface area contributed by atoms with E-state index in [1.54, 1.807) is 0 Å². The van der Waals surface area contributed by atoms with Gasteiger partial charge in [0.2, 0.25) is 0 Å². The number of hydrogen-bond donors (Lipinski definition) is 1. The van der Waals surface area contributed by atoms with Gasteiger partial charge in [-0.2, -0.15) is 0 Å². The van der Waals surface area contributed by atoms with Crippen LogP contribution in [0.1, 0.15) is 53.4 Å². The number of aliphatic hydroxyl groups is 1. The summed E-state index contributed by atoms with van der Waals surface area (Å²) in [6.45, 7) is 8.95. The van der Waals surface area contributed by atoms with Crippen molar-refractivity contribution in [1.29, 1.82) is 0 Å². The molecule has 2 heteroatoms. The molecule has 2 rings (SSSR count). The Hall–Kier alpha value is -0.630. The molecule has 0 aromatic carbocycles. The van der Waals surface area contributed by atoms with Gasteiger partial charge in [0.15, 0.2) is 0 Å². The first-order chi connectivity index (χ1) is 8.38. The quantitative estimate of drug-likeness (QED) is 0.763. The van der Waals surface area contributed by atoms with Crippen molar-refractivity contribution in [2.45, 2.75) is 53.4 Å². The molecule has 2 aliphatic rings. The molecule has 2 nitrogen and oxygen atoms in total. The van der Waals surface area contributed by atoms with E-state index in [4.69, 9.17) is 0 Å². The number of aliphatic hydroxyl groups excluding tert-OH is 1. The number of ketones is 1. The molecule has 0 amide bonds. The fraction of sp³-hybridized carbons (Fsp3) is 0.812. The summed E-state index contributed by atoms with van der Waals surface area (Å²) in [5.74, 6) is 0.795. The smallest absolute Gasteiger partial charge is 0.139 e. The Balaban J connectivity index is 2.43. The van der Waals surface area contributed by atoms with Gasteiger partial charge in [0.25, 0.3) is 0 Å². The van der Waals surface area contributed by atoms with Crippen molar-refractivity contribution in [3.05, 3.63) is 11.6 Å². The number of hydrogen-bond acceptors (Lipinski definition) is 2. The summed E-state index contributed by atoms with van der Waals surface area (Å²) in [5, 5.41) is 9.39. The molecule has 0 saturated heterocycles. The van der Waals surface area contributed by atoms with E-state index in [9.17, 15) is 9.90 Å². The Morgan fingerprint density at radius 3 is 2.67 bits per heavy atom. The third kappa shape index (κ3) is 1.77. The maximum absolute atomic E-state index is 12.4. The van der Waals surface area contributed by atoms with Crippen LogP contribution in [0.25, 0.3) is 0 Å². The maximum Gasteiger partial charge on any atom is 0.139 e. The van der Waals surface area contributed by atoms with Crippen molar-refractivity contribution in [2.24, 2.45) is 22.7 Å². The maximum atomic E-state index is 12.4. The van der Waals surface area contributed by atoms with Crippen LogP contribution in [0.2, 0.25) is 0 Å². The number of carbonyl (C=O) groups excluding carboxylic acids is 1. The van der Waals surface area contributed by atoms with E-state index in [-0.39, 0.29) is 29.3 Å². The highest BCUT2D eigenvalue weighted by Crippen LogP contribution is 2.60. The average Bonchev–Trinajstić information content (AvgIpc) is 2.36. The Kier molecular flexibility index (Phi) is 3.44. The molecule has 2 aliphatic carbocycles. The zero-order valence-electron chi connectivity index (χ0n) is 12.1. The fourth-order valence-electron chi connectivity index (χ4n) is 4.15. The fourth-order valence-corrected chi connectivity index (χ4v) is 4.15. The van der Waals surface area contributed by atoms with Crippen LogP contribution in [-0.4, -0.2) is 17.5 Å². The van der Waals surface area contributed by atoms with E-state index in [1.165, 1.54) is 0 Å². The third-order valence-electron chi connectivity index (χ3n) is 5.94. The monoisotopic (exact) mass is 250 g/mol. The molecule has 0 aromatic heterocycles. The Labute approximate surface area is 110 Å². The number of fused-ring (bicyclic) bond motifs is 1. The van der Waals surface area contributed by atoms with Gasteiger partial charge in [0.1, 0.15) is 5.78 Å². The molecule has 0 spiro atoms. The summed E-state index contributed by atoms with van der Waals surface area (Å²) in [5.41, 5.74) is 1.29. The van der Waals surface area contributed by atoms with Crippen molar-refractivity contribution in [3.63, 3.8) is 0 Å². The zero-order chi connectivity index (χ0) is 13.6. The summed E-state index contributed by atoms with van der Waals surface area (Å²) >= 11 is 0. The lowest BCUT2D eigenvalue weighted by Gasteiger charge is -2.56. The van der Waals surface area contributed by atoms with Crippen LogP contribution in [0.15, 0.2) is 11.6 Å². The van der Waals surface area contributed by atoms with Crippen molar-refractivity contribution in [1.82, 2.24) is 0 Å². The summed E-state index contributed by atoms with van der Waals surface area (Å²) in [4.78, 5) is 12.4. The van der Waals surface area contributed by atoms with E-state index in [1.807, 2.05) is 0 Å². The Morgan fingerprint density at radius 2 is 2.11 bits per heavy atom. The molecule has 1 fully saturated rings. The third-order valence-corrected chi connectivity index (χ3v) is 5.94. The van der Waals surface area contributed by atoms with Crippen LogP contribution in [0.4, 0.5) is 0 Å². The normalized spacial score (nSPS) is 44.5. The van der Waals surface area contributed by atoms with Gasteiger partial charge in [-0.3, -0.25) is 4.79 Å². The van der Waals surface area contributed by atoms with Crippen LogP contribution < -0.4 is 0 Å². The Morgan fingerprint density at radius 1 is 1.44 bits per heavy atom. The van der Waals surface area contributed by atoms with Gasteiger partial charge in [-0.1, -0.05) is 33.8 Å². The lowest BCUT2D eigenvalue weighted by Crippen LogP contribution is -2.53. The van der Waals surface area contributed by atoms with E-state index >= 15 is 0 Å². The first-order valence-corrected chi connectivity index (χ1v) is 7.23. The van der Waals surface area contributed by atoms with Gasteiger partial charge in [-0.25, -0.2) is 0 Å². The van der Waals surface area contributed by atoms with Crippen LogP contribution >= 0.6 is 0 Å². The summed E-state index contributed by atoms with van der Waals surface area (Å²) < 4.78 is 0. The molecular formula is C16H26O2. The topological polar surface area (TPSA) is 37.3 Å². The second kappa shape index (κ2) is 4.48. The molecule has 4 atom stereocenters. The number of Topliss-reactive ketones (excluding diaryl/α,β-unsaturated/α-hetero) is 1. The number of carbonyl (C=O) groups is 1. The molecule has 0 radical (unpaired) electrons. The molecule has 0 heterocycles. The molecule has 0 aliphatic heterocycles. The standard InChI is InChI=1S/C16H26O2/c1-5-13-9-15(3)8-12(10-17)6-7-16(15,4)11(2)14(13)18/h8,11,13,17H,5-7,9-10H2,1-4H3. The average molecular weight is 250 g/mol. The van der Waals surface area contributed by atoms with E-state index in [0.717, 1.165) is 31.3 Å². The van der Waals surface area contributed by atoms with Gasteiger partial charge < -0.3 is 5.11 Å². The van der Waals surface area contributed by atoms with Gasteiger partial charge in [0.05, 0.1) is 6.61 Å². The van der Waals surface area contributed by atoms with Crippen molar-refractivity contribution in [2.75, 3.05) is 6.61 Å². The van der Waals surface area contributed by atoms with Crippen LogP contribution in [0.3, 0.4) is 0 Å². The first-order valence-electron chi connectivity index (χ1n) is 7.23. The highest BCUT2D eigenvalue weighted by atomic mass is 16.3. The lowest BCUT2D eigenvalue weighted by atomic mass is 9.47. The van der Waals surface area contributed by atoms with E-state index in [0.29, 0.717) is 5.78 Å². The molecule has 0 bridgehead atoms. The Bertz CT molecular complexity index is 385. The van der Waals surface area contributed by atoms with Crippen molar-refractivity contribution >= 4 is 5.78 Å². The van der Waals surface area contributed by atoms with Crippen LogP contribution in [-0.2, 0) is 4.79 Å². The minimum Gasteiger partial charge on any atom is -0.392 e. The largest absolute Gasteiger partial charge is 0.392 e. The molecular weight excluding hydrogens is 224 g/mol. The van der Waals surface area contributed by atoms with Crippen LogP contribution in [0.5, 0.6) is 0 Å². The van der Waals surface area contributed by atoms with Crippen LogP contribution in [0, 0.1) is 22.7 Å². The minimum atomic E-state index is 0.0639. The van der Waals surface area contributed by atoms with Gasteiger partial charge in [-0.05, 0) is 42.1 Å². The van der Waals surface area contributed by atoms with Gasteiger partial charge in [0, 0.05) is 11.8 Å². The summed E-state index contributed by atoms with van der Waals surface area (Å²) in [7, 11) is 0. The van der Waals surface area contributed by atoms with Crippen molar-refractivity contribution in [3.8, 4) is 0 Å². The second-order valence-electron chi connectivity index (χ2n) is 6.73. The SMILES string of the molecule is CCC1CC2(C)C=C(CO)CCC2(C)C(C)C1=O. The van der Waals surface area contributed by atoms with Gasteiger partial charge in [-0.15, -0.1) is 0 Å². The summed E-state index contributed by atoms with van der Waals surface area (Å²) in [6.07, 6.45) is 6.14. The predicted octanol–water partition coefficient (Wildman–Crippen LogP) is 3.35. The second-order valence-corrected chi connectivity index (χ2v) is 6.73. The molecule has 4 unspecified atom stereocenters. The summed E-state index contributed by atoms with van der Waals surface area (Å²) in [6, 6.07) is 0. The number of allylic oxidation sites excluding steroid dienone is 1. The predicted molar refractivity (Wildman–Crippen MR) is 73.2 cm³/mol. The first kappa shape index (κ1) is 13.8. The molecule has 102 valence electrons. The molecule has 1 saturated carbocycles. The van der Waals surface area contributed by atoms with Crippen molar-refractivity contribution < 1.29 is 9.90 Å². The van der Waals surface area contributed by atoms with Gasteiger partial charge >= 0.3 is 0 Å². The number of rotatable bonds is 2. The lowest BCUT2D eigenvalue weighted by molar-refractivity contribution is -0.144. The highest BCUT2D eigenvalue weighted by molar-refractivity contribution is 5.85. The van der Waals surface area contributed by atoms with E-state index < -0.39 is 0 Å². The molecule has 0 aromatic rings. The van der Waals surface area contributed by atoms with E-state index in [2.05, 4.69) is 33.8 Å². The zero-order valence-corrected chi connectivity index (χ0v) is 12.1.